The van der Waals surface area contributed by atoms with Crippen molar-refractivity contribution in [3.8, 4) is 0 Å². The second kappa shape index (κ2) is 9.29. The molecule has 0 aromatic heterocycles. The Morgan fingerprint density at radius 1 is 1.08 bits per heavy atom. The lowest BCUT2D eigenvalue weighted by Gasteiger charge is -2.07. The summed E-state index contributed by atoms with van der Waals surface area (Å²) in [5.74, 6) is 0. The second-order valence-corrected chi connectivity index (χ2v) is 7.01. The van der Waals surface area contributed by atoms with Gasteiger partial charge in [-0.3, -0.25) is 0 Å². The van der Waals surface area contributed by atoms with Crippen LogP contribution in [0, 0.1) is 0 Å². The fourth-order valence-corrected chi connectivity index (χ4v) is 5.05. The lowest BCUT2D eigenvalue weighted by molar-refractivity contribution is -0.107. The van der Waals surface area contributed by atoms with Crippen LogP contribution in [-0.4, -0.2) is 20.4 Å². The first-order valence-corrected chi connectivity index (χ1v) is 7.73. The third kappa shape index (κ3) is 6.88. The van der Waals surface area contributed by atoms with E-state index in [-0.39, 0.29) is 0 Å². The third-order valence-electron chi connectivity index (χ3n) is 2.33. The summed E-state index contributed by atoms with van der Waals surface area (Å²) >= 11 is -0.424. The minimum atomic E-state index is -0.424. The number of rotatable bonds is 8. The van der Waals surface area contributed by atoms with E-state index in [9.17, 15) is 4.79 Å². The Kier molecular flexibility index (Phi) is 9.45. The Balaban J connectivity index is 3.40. The standard InChI is InChI=1S/C4H7O.2C3H7.Al/c1-2-3-4-5;2*1-3-2;/h4H,1-3H2;2*1,3H2,2H3;. The molecule has 70 valence electrons. The first kappa shape index (κ1) is 12.2. The van der Waals surface area contributed by atoms with Crippen molar-refractivity contribution >= 4 is 20.4 Å². The molecule has 0 saturated carbocycles. The summed E-state index contributed by atoms with van der Waals surface area (Å²) in [6, 6.07) is 0. The minimum Gasteiger partial charge on any atom is -0.303 e. The second-order valence-electron chi connectivity index (χ2n) is 3.54. The lowest BCUT2D eigenvalue weighted by Crippen LogP contribution is -2.10. The van der Waals surface area contributed by atoms with Crippen LogP contribution in [-0.2, 0) is 4.79 Å². The molecule has 1 nitrogen and oxygen atoms in total. The van der Waals surface area contributed by atoms with Gasteiger partial charge in [0.25, 0.3) is 14.1 Å². The molecule has 0 unspecified atom stereocenters. The highest BCUT2D eigenvalue weighted by Gasteiger charge is 2.13. The molecule has 0 aromatic carbocycles. The van der Waals surface area contributed by atoms with E-state index in [2.05, 4.69) is 13.8 Å². The van der Waals surface area contributed by atoms with Crippen molar-refractivity contribution in [2.45, 2.75) is 55.4 Å². The van der Waals surface area contributed by atoms with Crippen molar-refractivity contribution in [2.24, 2.45) is 0 Å². The Hall–Kier alpha value is 0.202. The molecule has 0 aliphatic heterocycles. The molecule has 0 bridgehead atoms. The van der Waals surface area contributed by atoms with E-state index in [1.807, 2.05) is 0 Å². The lowest BCUT2D eigenvalue weighted by atomic mass is 10.4. The fraction of sp³-hybridized carbons (Fsp3) is 0.900. The van der Waals surface area contributed by atoms with Gasteiger partial charge in [0, 0.05) is 6.42 Å². The van der Waals surface area contributed by atoms with Gasteiger partial charge < -0.3 is 4.79 Å². The first-order chi connectivity index (χ1) is 5.85. The molecule has 0 aliphatic rings. The first-order valence-electron chi connectivity index (χ1n) is 5.28. The fourth-order valence-electron chi connectivity index (χ4n) is 1.74. The van der Waals surface area contributed by atoms with E-state index < -0.39 is 14.1 Å². The summed E-state index contributed by atoms with van der Waals surface area (Å²) < 4.78 is 0. The van der Waals surface area contributed by atoms with E-state index in [1.165, 1.54) is 28.7 Å². The molecule has 0 fully saturated rings. The predicted molar refractivity (Wildman–Crippen MR) is 56.1 cm³/mol. The number of carbonyl (C=O) groups is 1. The highest BCUT2D eigenvalue weighted by molar-refractivity contribution is 6.58. The zero-order valence-electron chi connectivity index (χ0n) is 8.51. The van der Waals surface area contributed by atoms with Crippen LogP contribution in [0.3, 0.4) is 0 Å². The summed E-state index contributed by atoms with van der Waals surface area (Å²) in [6.07, 6.45) is 5.69. The van der Waals surface area contributed by atoms with Crippen molar-refractivity contribution in [3.63, 3.8) is 0 Å². The Morgan fingerprint density at radius 3 is 2.08 bits per heavy atom. The van der Waals surface area contributed by atoms with Crippen LogP contribution in [0.15, 0.2) is 0 Å². The molecule has 0 heterocycles. The molecule has 0 atom stereocenters. The number of aldehydes is 1. The zero-order chi connectivity index (χ0) is 9.23. The molecule has 0 amide bonds. The molecule has 0 rings (SSSR count). The maximum Gasteiger partial charge on any atom is 0.261 e. The number of unbranched alkanes of at least 4 members (excludes halogenated alkanes) is 1. The number of hydrogen-bond acceptors (Lipinski definition) is 1. The quantitative estimate of drug-likeness (QED) is 0.321. The van der Waals surface area contributed by atoms with E-state index in [1.54, 1.807) is 0 Å². The van der Waals surface area contributed by atoms with Crippen LogP contribution in [0.1, 0.15) is 39.5 Å². The summed E-state index contributed by atoms with van der Waals surface area (Å²) in [4.78, 5) is 10.1. The van der Waals surface area contributed by atoms with Crippen molar-refractivity contribution < 1.29 is 4.79 Å². The Bertz CT molecular complexity index is 98.0. The van der Waals surface area contributed by atoms with Gasteiger partial charge in [0.15, 0.2) is 0 Å². The Labute approximate surface area is 80.9 Å². The molecule has 0 N–H and O–H groups in total. The molecule has 2 heteroatoms. The van der Waals surface area contributed by atoms with Gasteiger partial charge in [0.05, 0.1) is 0 Å². The minimum absolute atomic E-state index is 0.424. The van der Waals surface area contributed by atoms with E-state index >= 15 is 0 Å². The molecule has 12 heavy (non-hydrogen) atoms. The molecule has 0 spiro atoms. The number of carbonyl (C=O) groups excluding carboxylic acids is 1. The summed E-state index contributed by atoms with van der Waals surface area (Å²) in [6.45, 7) is 4.55. The normalized spacial score (nSPS) is 9.83. The average Bonchev–Trinajstić information content (AvgIpc) is 2.06. The maximum absolute atomic E-state index is 10.1. The van der Waals surface area contributed by atoms with Crippen molar-refractivity contribution in [1.29, 1.82) is 0 Å². The third-order valence-corrected chi connectivity index (χ3v) is 6.34. The van der Waals surface area contributed by atoms with Crippen LogP contribution >= 0.6 is 0 Å². The largest absolute Gasteiger partial charge is 0.303 e. The monoisotopic (exact) mass is 184 g/mol. The summed E-state index contributed by atoms with van der Waals surface area (Å²) in [7, 11) is 0. The summed E-state index contributed by atoms with van der Waals surface area (Å²) in [5, 5.41) is 4.35. The van der Waals surface area contributed by atoms with Gasteiger partial charge in [0.2, 0.25) is 0 Å². The van der Waals surface area contributed by atoms with E-state index in [0.717, 1.165) is 19.1 Å². The average molecular weight is 184 g/mol. The van der Waals surface area contributed by atoms with Gasteiger partial charge in [-0.05, 0) is 0 Å². The predicted octanol–water partition coefficient (Wildman–Crippen LogP) is 3.28. The Morgan fingerprint density at radius 2 is 1.67 bits per heavy atom. The van der Waals surface area contributed by atoms with E-state index in [0.29, 0.717) is 0 Å². The van der Waals surface area contributed by atoms with Gasteiger partial charge in [-0.1, -0.05) is 49.0 Å². The highest BCUT2D eigenvalue weighted by atomic mass is 27.2. The van der Waals surface area contributed by atoms with Gasteiger partial charge in [0.1, 0.15) is 6.29 Å². The van der Waals surface area contributed by atoms with Crippen LogP contribution in [0.5, 0.6) is 0 Å². The highest BCUT2D eigenvalue weighted by Crippen LogP contribution is 2.13. The van der Waals surface area contributed by atoms with Crippen LogP contribution in [0.25, 0.3) is 0 Å². The molecular weight excluding hydrogens is 163 g/mol. The maximum atomic E-state index is 10.1. The van der Waals surface area contributed by atoms with E-state index in [4.69, 9.17) is 0 Å². The molecule has 0 saturated heterocycles. The number of hydrogen-bond donors (Lipinski definition) is 0. The van der Waals surface area contributed by atoms with Gasteiger partial charge >= 0.3 is 0 Å². The van der Waals surface area contributed by atoms with Gasteiger partial charge in [-0.15, -0.1) is 0 Å². The SMILES string of the molecule is CC[CH2][Al]([CH2]CC)[CH2]CCC=O. The topological polar surface area (TPSA) is 17.1 Å². The van der Waals surface area contributed by atoms with Crippen molar-refractivity contribution in [2.75, 3.05) is 0 Å². The molecular formula is C10H21AlO. The van der Waals surface area contributed by atoms with Gasteiger partial charge in [-0.25, -0.2) is 0 Å². The van der Waals surface area contributed by atoms with Crippen LogP contribution in [0.4, 0.5) is 0 Å². The zero-order valence-corrected chi connectivity index (χ0v) is 9.67. The van der Waals surface area contributed by atoms with Crippen LogP contribution in [0.2, 0.25) is 15.8 Å². The summed E-state index contributed by atoms with van der Waals surface area (Å²) in [5.41, 5.74) is 0. The van der Waals surface area contributed by atoms with Crippen molar-refractivity contribution in [3.05, 3.63) is 0 Å². The smallest absolute Gasteiger partial charge is 0.261 e. The van der Waals surface area contributed by atoms with Crippen molar-refractivity contribution in [1.82, 2.24) is 0 Å². The van der Waals surface area contributed by atoms with Gasteiger partial charge in [-0.2, -0.15) is 0 Å². The molecule has 0 aliphatic carbocycles. The molecule has 0 radical (unpaired) electrons. The van der Waals surface area contributed by atoms with Crippen LogP contribution < -0.4 is 0 Å². The molecule has 0 aromatic rings.